The lowest BCUT2D eigenvalue weighted by atomic mass is 10.1. The van der Waals surface area contributed by atoms with Crippen LogP contribution in [0.25, 0.3) is 0 Å². The quantitative estimate of drug-likeness (QED) is 0.846. The van der Waals surface area contributed by atoms with Gasteiger partial charge in [-0.15, -0.1) is 0 Å². The molecular formula is C14H16IN3O. The molecule has 1 atom stereocenters. The van der Waals surface area contributed by atoms with Gasteiger partial charge in [-0.25, -0.2) is 0 Å². The van der Waals surface area contributed by atoms with Gasteiger partial charge in [-0.1, -0.05) is 12.1 Å². The molecule has 19 heavy (non-hydrogen) atoms. The highest BCUT2D eigenvalue weighted by Gasteiger charge is 2.16. The number of carbonyl (C=O) groups is 1. The van der Waals surface area contributed by atoms with E-state index in [4.69, 9.17) is 0 Å². The molecule has 0 fully saturated rings. The van der Waals surface area contributed by atoms with Crippen LogP contribution in [-0.4, -0.2) is 15.7 Å². The topological polar surface area (TPSA) is 46.9 Å². The van der Waals surface area contributed by atoms with Gasteiger partial charge in [0, 0.05) is 21.9 Å². The van der Waals surface area contributed by atoms with Crippen molar-refractivity contribution in [1.82, 2.24) is 15.1 Å². The molecular weight excluding hydrogens is 353 g/mol. The molecule has 1 heterocycles. The molecule has 2 rings (SSSR count). The van der Waals surface area contributed by atoms with E-state index in [0.717, 1.165) is 14.8 Å². The van der Waals surface area contributed by atoms with Crippen molar-refractivity contribution in [1.29, 1.82) is 0 Å². The van der Waals surface area contributed by atoms with E-state index >= 15 is 0 Å². The highest BCUT2D eigenvalue weighted by atomic mass is 127. The molecule has 0 saturated carbocycles. The highest BCUT2D eigenvalue weighted by molar-refractivity contribution is 14.1. The van der Waals surface area contributed by atoms with Crippen molar-refractivity contribution < 1.29 is 4.79 Å². The third kappa shape index (κ3) is 2.97. The maximum absolute atomic E-state index is 12.2. The predicted octanol–water partition coefficient (Wildman–Crippen LogP) is 2.82. The average Bonchev–Trinajstić information content (AvgIpc) is 2.70. The van der Waals surface area contributed by atoms with Gasteiger partial charge < -0.3 is 5.32 Å². The summed E-state index contributed by atoms with van der Waals surface area (Å²) in [6.45, 7) is 3.97. The summed E-state index contributed by atoms with van der Waals surface area (Å²) in [7, 11) is 1.90. The van der Waals surface area contributed by atoms with Crippen LogP contribution in [0, 0.1) is 10.5 Å². The van der Waals surface area contributed by atoms with Crippen LogP contribution in [0.1, 0.15) is 34.6 Å². The molecule has 4 nitrogen and oxygen atoms in total. The molecule has 0 bridgehead atoms. The summed E-state index contributed by atoms with van der Waals surface area (Å²) >= 11 is 2.17. The molecule has 1 aromatic heterocycles. The van der Waals surface area contributed by atoms with E-state index in [1.165, 1.54) is 0 Å². The number of nitrogens with one attached hydrogen (secondary N) is 1. The second-order valence-corrected chi connectivity index (χ2v) is 5.65. The maximum atomic E-state index is 12.2. The number of amides is 1. The van der Waals surface area contributed by atoms with Gasteiger partial charge in [-0.3, -0.25) is 9.48 Å². The van der Waals surface area contributed by atoms with E-state index < -0.39 is 0 Å². The van der Waals surface area contributed by atoms with Crippen LogP contribution >= 0.6 is 22.6 Å². The van der Waals surface area contributed by atoms with Crippen molar-refractivity contribution in [3.05, 3.63) is 50.9 Å². The summed E-state index contributed by atoms with van der Waals surface area (Å²) in [6.07, 6.45) is 1.80. The molecule has 1 amide bonds. The fourth-order valence-corrected chi connectivity index (χ4v) is 2.57. The second kappa shape index (κ2) is 5.73. The minimum atomic E-state index is -0.0581. The third-order valence-electron chi connectivity index (χ3n) is 3.21. The Labute approximate surface area is 126 Å². The largest absolute Gasteiger partial charge is 0.345 e. The lowest BCUT2D eigenvalue weighted by Gasteiger charge is -2.14. The zero-order valence-electron chi connectivity index (χ0n) is 11.1. The van der Waals surface area contributed by atoms with Crippen molar-refractivity contribution in [3.8, 4) is 0 Å². The Kier molecular flexibility index (Phi) is 4.24. The highest BCUT2D eigenvalue weighted by Crippen LogP contribution is 2.18. The zero-order chi connectivity index (χ0) is 14.0. The van der Waals surface area contributed by atoms with Gasteiger partial charge in [-0.05, 0) is 48.6 Å². The van der Waals surface area contributed by atoms with Crippen LogP contribution in [-0.2, 0) is 7.05 Å². The molecule has 1 N–H and O–H groups in total. The fourth-order valence-electron chi connectivity index (χ4n) is 1.94. The van der Waals surface area contributed by atoms with Gasteiger partial charge in [0.05, 0.1) is 17.8 Å². The van der Waals surface area contributed by atoms with Gasteiger partial charge >= 0.3 is 0 Å². The average molecular weight is 369 g/mol. The van der Waals surface area contributed by atoms with E-state index in [0.29, 0.717) is 5.56 Å². The number of hydrogen-bond acceptors (Lipinski definition) is 2. The molecule has 5 heteroatoms. The first kappa shape index (κ1) is 14.0. The zero-order valence-corrected chi connectivity index (χ0v) is 13.3. The van der Waals surface area contributed by atoms with Gasteiger partial charge in [-0.2, -0.15) is 5.10 Å². The van der Waals surface area contributed by atoms with Crippen LogP contribution < -0.4 is 5.32 Å². The number of halogens is 1. The molecule has 1 aromatic carbocycles. The molecule has 100 valence electrons. The minimum absolute atomic E-state index is 0.0549. The Bertz CT molecular complexity index is 606. The van der Waals surface area contributed by atoms with E-state index in [1.54, 1.807) is 6.20 Å². The number of rotatable bonds is 3. The van der Waals surface area contributed by atoms with Gasteiger partial charge in [0.2, 0.25) is 0 Å². The second-order valence-electron chi connectivity index (χ2n) is 4.48. The first-order chi connectivity index (χ1) is 9.00. The smallest absolute Gasteiger partial charge is 0.252 e. The Balaban J connectivity index is 2.16. The first-order valence-electron chi connectivity index (χ1n) is 6.04. The SMILES string of the molecule is Cc1c(C(C)NC(=O)c2ccccc2I)cnn1C. The Morgan fingerprint density at radius 1 is 1.42 bits per heavy atom. The summed E-state index contributed by atoms with van der Waals surface area (Å²) in [5.74, 6) is -0.0549. The van der Waals surface area contributed by atoms with Crippen molar-refractivity contribution in [2.45, 2.75) is 19.9 Å². The van der Waals surface area contributed by atoms with Gasteiger partial charge in [0.1, 0.15) is 0 Å². The molecule has 1 unspecified atom stereocenters. The lowest BCUT2D eigenvalue weighted by Crippen LogP contribution is -2.27. The number of carbonyl (C=O) groups excluding carboxylic acids is 1. The summed E-state index contributed by atoms with van der Waals surface area (Å²) in [6, 6.07) is 7.50. The first-order valence-corrected chi connectivity index (χ1v) is 7.12. The van der Waals surface area contributed by atoms with Crippen LogP contribution in [0.2, 0.25) is 0 Å². The summed E-state index contributed by atoms with van der Waals surface area (Å²) in [5.41, 5.74) is 2.81. The van der Waals surface area contributed by atoms with Crippen molar-refractivity contribution >= 4 is 28.5 Å². The third-order valence-corrected chi connectivity index (χ3v) is 4.15. The van der Waals surface area contributed by atoms with Crippen LogP contribution in [0.5, 0.6) is 0 Å². The fraction of sp³-hybridized carbons (Fsp3) is 0.286. The molecule has 0 spiro atoms. The molecule has 0 aliphatic rings. The molecule has 0 aliphatic heterocycles. The van der Waals surface area contributed by atoms with Crippen LogP contribution in [0.3, 0.4) is 0 Å². The number of benzene rings is 1. The maximum Gasteiger partial charge on any atom is 0.252 e. The number of aryl methyl sites for hydroxylation is 1. The number of hydrogen-bond donors (Lipinski definition) is 1. The summed E-state index contributed by atoms with van der Waals surface area (Å²) in [5, 5.41) is 7.21. The number of aromatic nitrogens is 2. The van der Waals surface area contributed by atoms with Gasteiger partial charge in [0.25, 0.3) is 5.91 Å². The van der Waals surface area contributed by atoms with E-state index in [1.807, 2.05) is 49.8 Å². The van der Waals surface area contributed by atoms with Crippen LogP contribution in [0.15, 0.2) is 30.5 Å². The molecule has 2 aromatic rings. The Hall–Kier alpha value is -1.37. The predicted molar refractivity (Wildman–Crippen MR) is 83.0 cm³/mol. The molecule has 0 aliphatic carbocycles. The van der Waals surface area contributed by atoms with Crippen LogP contribution in [0.4, 0.5) is 0 Å². The lowest BCUT2D eigenvalue weighted by molar-refractivity contribution is 0.0939. The summed E-state index contributed by atoms with van der Waals surface area (Å²) in [4.78, 5) is 12.2. The van der Waals surface area contributed by atoms with E-state index in [2.05, 4.69) is 33.0 Å². The Morgan fingerprint density at radius 2 is 2.11 bits per heavy atom. The minimum Gasteiger partial charge on any atom is -0.345 e. The van der Waals surface area contributed by atoms with E-state index in [9.17, 15) is 4.79 Å². The molecule has 0 radical (unpaired) electrons. The summed E-state index contributed by atoms with van der Waals surface area (Å²) < 4.78 is 2.76. The normalized spacial score (nSPS) is 12.2. The molecule has 0 saturated heterocycles. The monoisotopic (exact) mass is 369 g/mol. The Morgan fingerprint density at radius 3 is 2.68 bits per heavy atom. The standard InChI is InChI=1S/C14H16IN3O/c1-9(12-8-16-18(3)10(12)2)17-14(19)11-6-4-5-7-13(11)15/h4-9H,1-3H3,(H,17,19). The van der Waals surface area contributed by atoms with Crippen molar-refractivity contribution in [2.75, 3.05) is 0 Å². The van der Waals surface area contributed by atoms with Crippen molar-refractivity contribution in [2.24, 2.45) is 7.05 Å². The van der Waals surface area contributed by atoms with Gasteiger partial charge in [0.15, 0.2) is 0 Å². The van der Waals surface area contributed by atoms with Crippen molar-refractivity contribution in [3.63, 3.8) is 0 Å². The number of nitrogens with zero attached hydrogens (tertiary/aromatic N) is 2. The van der Waals surface area contributed by atoms with E-state index in [-0.39, 0.29) is 11.9 Å².